The Balaban J connectivity index is 2.06. The van der Waals surface area contributed by atoms with E-state index < -0.39 is 34.1 Å². The van der Waals surface area contributed by atoms with Crippen molar-refractivity contribution < 1.29 is 18.0 Å². The van der Waals surface area contributed by atoms with Crippen molar-refractivity contribution in [1.82, 2.24) is 10.2 Å². The van der Waals surface area contributed by atoms with Crippen LogP contribution < -0.4 is 9.62 Å². The van der Waals surface area contributed by atoms with Gasteiger partial charge < -0.3 is 10.2 Å². The summed E-state index contributed by atoms with van der Waals surface area (Å²) < 4.78 is 29.5. The molecule has 0 aliphatic heterocycles. The van der Waals surface area contributed by atoms with E-state index in [-0.39, 0.29) is 17.3 Å². The number of carbonyl (C=O) groups excluding carboxylic acids is 2. The van der Waals surface area contributed by atoms with Gasteiger partial charge in [-0.25, -0.2) is 8.42 Å². The molecule has 3 rings (SSSR count). The number of hydrogen-bond donors (Lipinski definition) is 1. The van der Waals surface area contributed by atoms with Crippen LogP contribution in [0.5, 0.6) is 0 Å². The molecule has 0 radical (unpaired) electrons. The Kier molecular flexibility index (Phi) is 9.96. The summed E-state index contributed by atoms with van der Waals surface area (Å²) in [6, 6.07) is 21.7. The molecule has 0 aromatic heterocycles. The predicted octanol–water partition coefficient (Wildman–Crippen LogP) is 5.67. The van der Waals surface area contributed by atoms with E-state index in [1.165, 1.54) is 17.0 Å². The maximum absolute atomic E-state index is 14.1. The van der Waals surface area contributed by atoms with Gasteiger partial charge in [-0.15, -0.1) is 0 Å². The van der Waals surface area contributed by atoms with Crippen LogP contribution in [0.25, 0.3) is 0 Å². The van der Waals surface area contributed by atoms with Crippen LogP contribution in [0, 0.1) is 6.92 Å². The van der Waals surface area contributed by atoms with Crippen LogP contribution in [0.4, 0.5) is 5.69 Å². The average Bonchev–Trinajstić information content (AvgIpc) is 2.87. The number of nitrogens with one attached hydrogen (secondary N) is 1. The van der Waals surface area contributed by atoms with Crippen LogP contribution in [-0.2, 0) is 26.2 Å². The normalized spacial score (nSPS) is 12.5. The number of halogens is 1. The van der Waals surface area contributed by atoms with Crippen molar-refractivity contribution in [3.63, 3.8) is 0 Å². The minimum Gasteiger partial charge on any atom is -0.350 e. The van der Waals surface area contributed by atoms with Crippen molar-refractivity contribution in [3.05, 3.63) is 94.5 Å². The van der Waals surface area contributed by atoms with Crippen molar-refractivity contribution in [1.29, 1.82) is 0 Å². The molecule has 0 saturated carbocycles. The average molecular weight is 615 g/mol. The third-order valence-corrected chi connectivity index (χ3v) is 8.36. The number of rotatable bonds is 10. The second kappa shape index (κ2) is 12.8. The van der Waals surface area contributed by atoms with Crippen LogP contribution in [-0.4, -0.2) is 43.3 Å². The number of nitrogens with zero attached hydrogens (tertiary/aromatic N) is 2. The Labute approximate surface area is 240 Å². The molecular weight excluding hydrogens is 578 g/mol. The number of aryl methyl sites for hydroxylation is 1. The summed E-state index contributed by atoms with van der Waals surface area (Å²) in [5.41, 5.74) is 1.72. The molecule has 3 aromatic carbocycles. The maximum atomic E-state index is 14.1. The van der Waals surface area contributed by atoms with Crippen molar-refractivity contribution >= 4 is 43.5 Å². The fourth-order valence-corrected chi connectivity index (χ4v) is 5.93. The summed E-state index contributed by atoms with van der Waals surface area (Å²) in [7, 11) is -4.09. The van der Waals surface area contributed by atoms with Gasteiger partial charge in [0.05, 0.1) is 10.6 Å². The highest BCUT2D eigenvalue weighted by atomic mass is 79.9. The lowest BCUT2D eigenvalue weighted by molar-refractivity contribution is -0.141. The van der Waals surface area contributed by atoms with E-state index in [0.717, 1.165) is 19.9 Å². The number of benzene rings is 3. The second-order valence-corrected chi connectivity index (χ2v) is 13.3. The largest absolute Gasteiger partial charge is 0.350 e. The van der Waals surface area contributed by atoms with Crippen molar-refractivity contribution in [3.8, 4) is 0 Å². The van der Waals surface area contributed by atoms with Crippen LogP contribution >= 0.6 is 15.9 Å². The van der Waals surface area contributed by atoms with Crippen molar-refractivity contribution in [2.24, 2.45) is 0 Å². The van der Waals surface area contributed by atoms with E-state index in [4.69, 9.17) is 0 Å². The van der Waals surface area contributed by atoms with E-state index in [1.54, 1.807) is 42.5 Å². The molecule has 7 nitrogen and oxygen atoms in total. The molecule has 1 atom stereocenters. The van der Waals surface area contributed by atoms with E-state index in [2.05, 4.69) is 21.2 Å². The maximum Gasteiger partial charge on any atom is 0.264 e. The number of hydrogen-bond acceptors (Lipinski definition) is 4. The van der Waals surface area contributed by atoms with Gasteiger partial charge in [0.1, 0.15) is 12.6 Å². The Morgan fingerprint density at radius 3 is 2.15 bits per heavy atom. The third kappa shape index (κ3) is 8.16. The minimum absolute atomic E-state index is 0.0727. The summed E-state index contributed by atoms with van der Waals surface area (Å²) in [4.78, 5) is 29.0. The molecular formula is C30H36BrN3O4S. The molecule has 0 aliphatic rings. The molecule has 0 unspecified atom stereocenters. The lowest BCUT2D eigenvalue weighted by Gasteiger charge is -2.34. The molecule has 39 heavy (non-hydrogen) atoms. The van der Waals surface area contributed by atoms with Crippen molar-refractivity contribution in [2.45, 2.75) is 64.1 Å². The molecule has 0 bridgehead atoms. The van der Waals surface area contributed by atoms with Crippen LogP contribution in [0.15, 0.2) is 88.2 Å². The fraction of sp³-hybridized carbons (Fsp3) is 0.333. The van der Waals surface area contributed by atoms with E-state index >= 15 is 0 Å². The van der Waals surface area contributed by atoms with E-state index in [0.29, 0.717) is 12.1 Å². The first kappa shape index (κ1) is 30.4. The van der Waals surface area contributed by atoms with E-state index in [1.807, 2.05) is 58.9 Å². The zero-order valence-corrected chi connectivity index (χ0v) is 25.4. The van der Waals surface area contributed by atoms with Gasteiger partial charge in [-0.2, -0.15) is 0 Å². The highest BCUT2D eigenvalue weighted by molar-refractivity contribution is 9.10. The monoisotopic (exact) mass is 613 g/mol. The summed E-state index contributed by atoms with van der Waals surface area (Å²) in [6.45, 7) is 9.14. The minimum atomic E-state index is -4.09. The summed E-state index contributed by atoms with van der Waals surface area (Å²) in [5, 5.41) is 2.98. The van der Waals surface area contributed by atoms with Crippen molar-refractivity contribution in [2.75, 3.05) is 10.8 Å². The molecule has 0 saturated heterocycles. The van der Waals surface area contributed by atoms with Gasteiger partial charge in [-0.05, 0) is 76.1 Å². The molecule has 208 valence electrons. The first-order valence-corrected chi connectivity index (χ1v) is 15.1. The second-order valence-electron chi connectivity index (χ2n) is 10.5. The van der Waals surface area contributed by atoms with E-state index in [9.17, 15) is 18.0 Å². The Morgan fingerprint density at radius 2 is 1.59 bits per heavy atom. The smallest absolute Gasteiger partial charge is 0.264 e. The number of sulfonamides is 1. The van der Waals surface area contributed by atoms with Gasteiger partial charge in [-0.3, -0.25) is 13.9 Å². The Bertz CT molecular complexity index is 1390. The molecule has 2 amide bonds. The van der Waals surface area contributed by atoms with Crippen LogP contribution in [0.3, 0.4) is 0 Å². The van der Waals surface area contributed by atoms with Gasteiger partial charge >= 0.3 is 0 Å². The number of carbonyl (C=O) groups is 2. The lowest BCUT2D eigenvalue weighted by Crippen LogP contribution is -2.55. The highest BCUT2D eigenvalue weighted by Gasteiger charge is 2.34. The summed E-state index contributed by atoms with van der Waals surface area (Å²) in [5.74, 6) is -0.762. The Morgan fingerprint density at radius 1 is 0.949 bits per heavy atom. The van der Waals surface area contributed by atoms with Gasteiger partial charge in [0.25, 0.3) is 10.0 Å². The quantitative estimate of drug-likeness (QED) is 0.319. The topological polar surface area (TPSA) is 86.8 Å². The molecule has 0 fully saturated rings. The summed E-state index contributed by atoms with van der Waals surface area (Å²) >= 11 is 3.39. The number of amides is 2. The molecule has 0 aliphatic carbocycles. The molecule has 3 aromatic rings. The number of anilines is 1. The molecule has 0 heterocycles. The first-order valence-electron chi connectivity index (χ1n) is 12.8. The zero-order valence-electron chi connectivity index (χ0n) is 23.0. The Hall–Kier alpha value is -3.17. The zero-order chi connectivity index (χ0) is 28.8. The molecule has 1 N–H and O–H groups in total. The van der Waals surface area contributed by atoms with Gasteiger partial charge in [0.2, 0.25) is 11.8 Å². The first-order chi connectivity index (χ1) is 18.3. The third-order valence-electron chi connectivity index (χ3n) is 6.04. The lowest BCUT2D eigenvalue weighted by atomic mass is 10.0. The predicted molar refractivity (Wildman–Crippen MR) is 159 cm³/mol. The highest BCUT2D eigenvalue weighted by Crippen LogP contribution is 2.26. The van der Waals surface area contributed by atoms with Crippen LogP contribution in [0.1, 0.15) is 45.2 Å². The van der Waals surface area contributed by atoms with Crippen LogP contribution in [0.2, 0.25) is 0 Å². The molecule has 9 heteroatoms. The van der Waals surface area contributed by atoms with Gasteiger partial charge in [-0.1, -0.05) is 70.9 Å². The summed E-state index contributed by atoms with van der Waals surface area (Å²) in [6.07, 6.45) is 0.364. The van der Waals surface area contributed by atoms with Gasteiger partial charge in [0.15, 0.2) is 0 Å². The SMILES string of the molecule is CC[C@@H](C(=O)NC(C)(C)C)N(Cc1cccc(C)c1)C(=O)CN(c1ccc(Br)cc1)S(=O)(=O)c1ccccc1. The molecule has 0 spiro atoms. The standard InChI is InChI=1S/C30H36BrN3O4S/c1-6-27(29(36)32-30(3,4)5)33(20-23-12-10-11-22(2)19-23)28(35)21-34(25-17-15-24(31)16-18-25)39(37,38)26-13-8-7-9-14-26/h7-19,27H,6,20-21H2,1-5H3,(H,32,36)/t27-/m0/s1. The van der Waals surface area contributed by atoms with Gasteiger partial charge in [0, 0.05) is 16.6 Å². The fourth-order valence-electron chi connectivity index (χ4n) is 4.24.